The summed E-state index contributed by atoms with van der Waals surface area (Å²) < 4.78 is 74.7. The Hall–Kier alpha value is -2.89. The molecule has 0 radical (unpaired) electrons. The molecule has 1 amide bonds. The van der Waals surface area contributed by atoms with Crippen LogP contribution in [0.3, 0.4) is 0 Å². The molecular weight excluding hydrogens is 497 g/mol. The van der Waals surface area contributed by atoms with E-state index in [0.717, 1.165) is 27.7 Å². The largest absolute Gasteiger partial charge is 0.573 e. The van der Waals surface area contributed by atoms with Crippen molar-refractivity contribution in [3.63, 3.8) is 0 Å². The van der Waals surface area contributed by atoms with Crippen LogP contribution in [0.15, 0.2) is 59.5 Å². The van der Waals surface area contributed by atoms with Gasteiger partial charge in [0.2, 0.25) is 15.9 Å². The molecule has 0 aromatic heterocycles. The van der Waals surface area contributed by atoms with Crippen molar-refractivity contribution >= 4 is 27.7 Å². The second kappa shape index (κ2) is 10.2. The van der Waals surface area contributed by atoms with Gasteiger partial charge in [-0.3, -0.25) is 4.79 Å². The minimum Gasteiger partial charge on any atom is -0.404 e. The lowest BCUT2D eigenvalue weighted by atomic mass is 9.77. The Bertz CT molecular complexity index is 1220. The minimum atomic E-state index is -5.02. The van der Waals surface area contributed by atoms with Crippen LogP contribution in [-0.2, 0) is 19.6 Å². The number of halogens is 3. The number of ether oxygens (including phenoxy) is 2. The number of anilines is 1. The van der Waals surface area contributed by atoms with Crippen molar-refractivity contribution in [2.45, 2.75) is 30.5 Å². The highest BCUT2D eigenvalue weighted by Gasteiger charge is 2.50. The number of nitrogens with zero attached hydrogens (tertiary/aromatic N) is 2. The summed E-state index contributed by atoms with van der Waals surface area (Å²) in [7, 11) is -2.63. The average molecular weight is 525 g/mol. The molecule has 7 nitrogen and oxygen atoms in total. The molecule has 0 atom stereocenters. The Morgan fingerprint density at radius 1 is 1.00 bits per heavy atom. The highest BCUT2D eigenvalue weighted by molar-refractivity contribution is 7.89. The molecular formula is C25H27F3N2O5S. The fourth-order valence-electron chi connectivity index (χ4n) is 4.74. The van der Waals surface area contributed by atoms with E-state index >= 15 is 0 Å². The van der Waals surface area contributed by atoms with Crippen LogP contribution in [0.5, 0.6) is 5.75 Å². The van der Waals surface area contributed by atoms with Gasteiger partial charge in [-0.2, -0.15) is 4.31 Å². The van der Waals surface area contributed by atoms with Gasteiger partial charge in [0.1, 0.15) is 10.6 Å². The molecule has 2 aromatic carbocycles. The van der Waals surface area contributed by atoms with Gasteiger partial charge >= 0.3 is 6.36 Å². The van der Waals surface area contributed by atoms with E-state index in [1.54, 1.807) is 12.0 Å². The number of hydrogen-bond acceptors (Lipinski definition) is 5. The lowest BCUT2D eigenvalue weighted by Crippen LogP contribution is -2.46. The van der Waals surface area contributed by atoms with Crippen molar-refractivity contribution in [1.29, 1.82) is 0 Å². The molecule has 11 heteroatoms. The number of amides is 1. The SMILES string of the molecule is COCC=Cc1ccc(N2CCC3(CCN(S(=O)(=O)c4ccccc4OC(F)(F)F)CC3)C2=O)cc1. The van der Waals surface area contributed by atoms with Crippen LogP contribution in [0.4, 0.5) is 18.9 Å². The molecule has 36 heavy (non-hydrogen) atoms. The van der Waals surface area contributed by atoms with E-state index < -0.39 is 32.4 Å². The lowest BCUT2D eigenvalue weighted by molar-refractivity contribution is -0.275. The van der Waals surface area contributed by atoms with Gasteiger partial charge in [-0.05, 0) is 49.1 Å². The summed E-state index contributed by atoms with van der Waals surface area (Å²) >= 11 is 0. The third-order valence-corrected chi connectivity index (χ3v) is 8.60. The number of para-hydroxylation sites is 1. The molecule has 2 heterocycles. The summed E-state index contributed by atoms with van der Waals surface area (Å²) in [5.41, 5.74) is 1.06. The molecule has 0 unspecified atom stereocenters. The smallest absolute Gasteiger partial charge is 0.404 e. The normalized spacial score (nSPS) is 18.9. The van der Waals surface area contributed by atoms with E-state index in [4.69, 9.17) is 4.74 Å². The first-order valence-electron chi connectivity index (χ1n) is 11.5. The maximum Gasteiger partial charge on any atom is 0.573 e. The molecule has 194 valence electrons. The number of methoxy groups -OCH3 is 1. The zero-order valence-electron chi connectivity index (χ0n) is 19.7. The Balaban J connectivity index is 1.45. The maximum atomic E-state index is 13.4. The summed E-state index contributed by atoms with van der Waals surface area (Å²) in [6.45, 7) is 1.09. The van der Waals surface area contributed by atoms with Crippen molar-refractivity contribution in [1.82, 2.24) is 4.31 Å². The topological polar surface area (TPSA) is 76.2 Å². The van der Waals surface area contributed by atoms with Gasteiger partial charge in [-0.15, -0.1) is 13.2 Å². The van der Waals surface area contributed by atoms with Crippen LogP contribution in [0.1, 0.15) is 24.8 Å². The predicted molar refractivity (Wildman–Crippen MR) is 128 cm³/mol. The van der Waals surface area contributed by atoms with Crippen molar-refractivity contribution < 1.29 is 35.9 Å². The van der Waals surface area contributed by atoms with Gasteiger partial charge in [0.05, 0.1) is 12.0 Å². The second-order valence-electron chi connectivity index (χ2n) is 8.83. The van der Waals surface area contributed by atoms with Crippen LogP contribution in [-0.4, -0.2) is 58.3 Å². The molecule has 2 saturated heterocycles. The molecule has 2 aromatic rings. The van der Waals surface area contributed by atoms with Crippen molar-refractivity contribution in [2.75, 3.05) is 38.3 Å². The van der Waals surface area contributed by atoms with Gasteiger partial charge < -0.3 is 14.4 Å². The number of alkyl halides is 3. The Morgan fingerprint density at radius 3 is 2.28 bits per heavy atom. The van der Waals surface area contributed by atoms with Crippen LogP contribution in [0.25, 0.3) is 6.08 Å². The zero-order valence-corrected chi connectivity index (χ0v) is 20.5. The predicted octanol–water partition coefficient (Wildman–Crippen LogP) is 4.45. The highest BCUT2D eigenvalue weighted by atomic mass is 32.2. The molecule has 0 saturated carbocycles. The van der Waals surface area contributed by atoms with Crippen LogP contribution >= 0.6 is 0 Å². The lowest BCUT2D eigenvalue weighted by Gasteiger charge is -2.37. The number of hydrogen-bond donors (Lipinski definition) is 0. The molecule has 2 aliphatic rings. The van der Waals surface area contributed by atoms with Gasteiger partial charge in [-0.1, -0.05) is 36.4 Å². The number of carbonyl (C=O) groups excluding carboxylic acids is 1. The molecule has 0 bridgehead atoms. The van der Waals surface area contributed by atoms with Crippen LogP contribution in [0, 0.1) is 5.41 Å². The van der Waals surface area contributed by atoms with Crippen LogP contribution < -0.4 is 9.64 Å². The van der Waals surface area contributed by atoms with Gasteiger partial charge in [0.15, 0.2) is 0 Å². The number of piperidine rings is 1. The molecule has 2 aliphatic heterocycles. The second-order valence-corrected chi connectivity index (χ2v) is 10.7. The third kappa shape index (κ3) is 5.42. The Kier molecular flexibility index (Phi) is 7.44. The fourth-order valence-corrected chi connectivity index (χ4v) is 6.30. The number of sulfonamides is 1. The van der Waals surface area contributed by atoms with Crippen LogP contribution in [0.2, 0.25) is 0 Å². The molecule has 0 aliphatic carbocycles. The summed E-state index contributed by atoms with van der Waals surface area (Å²) in [6, 6.07) is 12.3. The number of rotatable bonds is 7. The summed E-state index contributed by atoms with van der Waals surface area (Å²) in [4.78, 5) is 14.6. The molecule has 2 fully saturated rings. The number of benzene rings is 2. The van der Waals surface area contributed by atoms with E-state index in [1.165, 1.54) is 12.1 Å². The van der Waals surface area contributed by atoms with Gasteiger partial charge in [0.25, 0.3) is 0 Å². The monoisotopic (exact) mass is 524 g/mol. The van der Waals surface area contributed by atoms with E-state index in [2.05, 4.69) is 4.74 Å². The van der Waals surface area contributed by atoms with Crippen molar-refractivity contribution in [2.24, 2.45) is 5.41 Å². The zero-order chi connectivity index (χ0) is 26.0. The van der Waals surface area contributed by atoms with E-state index in [1.807, 2.05) is 36.4 Å². The van der Waals surface area contributed by atoms with Gasteiger partial charge in [-0.25, -0.2) is 8.42 Å². The minimum absolute atomic E-state index is 0.0332. The first-order chi connectivity index (χ1) is 17.1. The van der Waals surface area contributed by atoms with Gasteiger partial charge in [0, 0.05) is 32.4 Å². The fraction of sp³-hybridized carbons (Fsp3) is 0.400. The average Bonchev–Trinajstić information content (AvgIpc) is 3.14. The van der Waals surface area contributed by atoms with E-state index in [9.17, 15) is 26.4 Å². The first-order valence-corrected chi connectivity index (χ1v) is 12.9. The Labute approximate surface area is 208 Å². The van der Waals surface area contributed by atoms with Crippen molar-refractivity contribution in [3.05, 3.63) is 60.2 Å². The molecule has 0 N–H and O–H groups in total. The number of carbonyl (C=O) groups is 1. The first kappa shape index (κ1) is 26.2. The molecule has 4 rings (SSSR count). The maximum absolute atomic E-state index is 13.4. The Morgan fingerprint density at radius 2 is 1.64 bits per heavy atom. The summed E-state index contributed by atoms with van der Waals surface area (Å²) in [5, 5.41) is 0. The third-order valence-electron chi connectivity index (χ3n) is 6.66. The summed E-state index contributed by atoms with van der Waals surface area (Å²) in [5.74, 6) is -0.822. The molecule has 1 spiro atoms. The van der Waals surface area contributed by atoms with Crippen molar-refractivity contribution in [3.8, 4) is 5.75 Å². The van der Waals surface area contributed by atoms with E-state index in [0.29, 0.717) is 32.4 Å². The van der Waals surface area contributed by atoms with E-state index in [-0.39, 0.29) is 19.0 Å². The summed E-state index contributed by atoms with van der Waals surface area (Å²) in [6.07, 6.45) is -0.0305. The quantitative estimate of drug-likeness (QED) is 0.535. The standard InChI is InChI=1S/C25H27F3N2O5S/c1-34-18-4-5-19-8-10-20(11-9-19)30-17-14-24(23(30)31)12-15-29(16-13-24)36(32,33)22-7-3-2-6-21(22)35-25(26,27)28/h2-11H,12-18H2,1H3. The highest BCUT2D eigenvalue weighted by Crippen LogP contribution is 2.44.